The standard InChI is InChI=1S/C34H59NO/c1-22(11-25-14-26(15-25)12-23-5-4-6-23)20-33(2)9-7-24(21-33)13-27-16-28(17-27)18-29-19-31-30(8-10-36)32(29)34(31,3)35/h22-32,36H,4-21,35H2,1-3H3/t22-,24?,25?,26?,27?,28?,29+,30+,31?,32?,33-,34+/m1/s1. The third-order valence-electron chi connectivity index (χ3n) is 13.4. The lowest BCUT2D eigenvalue weighted by atomic mass is 9.56. The molecule has 0 heterocycles. The summed E-state index contributed by atoms with van der Waals surface area (Å²) in [5, 5.41) is 9.47. The van der Waals surface area contributed by atoms with E-state index in [4.69, 9.17) is 5.73 Å². The Morgan fingerprint density at radius 3 is 2.17 bits per heavy atom. The first-order valence-electron chi connectivity index (χ1n) is 16.6. The summed E-state index contributed by atoms with van der Waals surface area (Å²) in [6, 6.07) is 0. The molecule has 0 radical (unpaired) electrons. The molecule has 7 saturated carbocycles. The molecule has 7 aliphatic carbocycles. The molecular formula is C34H59NO. The molecule has 36 heavy (non-hydrogen) atoms. The van der Waals surface area contributed by atoms with Crippen LogP contribution in [0, 0.1) is 70.5 Å². The molecule has 2 bridgehead atoms. The zero-order valence-electron chi connectivity index (χ0n) is 24.1. The van der Waals surface area contributed by atoms with Crippen molar-refractivity contribution < 1.29 is 5.11 Å². The van der Waals surface area contributed by atoms with Crippen LogP contribution < -0.4 is 5.73 Å². The maximum atomic E-state index is 9.47. The first-order chi connectivity index (χ1) is 17.2. The maximum Gasteiger partial charge on any atom is 0.0433 e. The monoisotopic (exact) mass is 497 g/mol. The third-order valence-corrected chi connectivity index (χ3v) is 13.4. The Hall–Kier alpha value is -0.0800. The van der Waals surface area contributed by atoms with E-state index in [0.717, 1.165) is 59.7 Å². The minimum atomic E-state index is 0.0649. The van der Waals surface area contributed by atoms with Gasteiger partial charge in [0.25, 0.3) is 0 Å². The first kappa shape index (κ1) is 26.2. The fourth-order valence-corrected chi connectivity index (χ4v) is 11.8. The van der Waals surface area contributed by atoms with Crippen molar-refractivity contribution in [2.45, 2.75) is 135 Å². The lowest BCUT2D eigenvalue weighted by Crippen LogP contribution is -2.62. The van der Waals surface area contributed by atoms with Crippen LogP contribution in [0.5, 0.6) is 0 Å². The number of rotatable bonds is 12. The van der Waals surface area contributed by atoms with Gasteiger partial charge in [0.05, 0.1) is 0 Å². The summed E-state index contributed by atoms with van der Waals surface area (Å²) in [6.45, 7) is 7.88. The minimum Gasteiger partial charge on any atom is -0.396 e. The van der Waals surface area contributed by atoms with Crippen LogP contribution in [0.2, 0.25) is 0 Å². The van der Waals surface area contributed by atoms with Crippen LogP contribution in [0.25, 0.3) is 0 Å². The number of fused-ring (bicyclic) bond motifs is 1. The van der Waals surface area contributed by atoms with Gasteiger partial charge in [0.2, 0.25) is 0 Å². The summed E-state index contributed by atoms with van der Waals surface area (Å²) < 4.78 is 0. The van der Waals surface area contributed by atoms with Crippen LogP contribution >= 0.6 is 0 Å². The van der Waals surface area contributed by atoms with Crippen LogP contribution in [0.3, 0.4) is 0 Å². The molecule has 3 unspecified atom stereocenters. The van der Waals surface area contributed by atoms with Gasteiger partial charge >= 0.3 is 0 Å². The second kappa shape index (κ2) is 10.1. The molecule has 0 aromatic rings. The molecule has 7 fully saturated rings. The van der Waals surface area contributed by atoms with Crippen LogP contribution in [0.4, 0.5) is 0 Å². The molecule has 0 aliphatic heterocycles. The Labute approximate surface area is 223 Å². The first-order valence-corrected chi connectivity index (χ1v) is 16.6. The Morgan fingerprint density at radius 1 is 0.833 bits per heavy atom. The van der Waals surface area contributed by atoms with Crippen molar-refractivity contribution in [1.82, 2.24) is 0 Å². The van der Waals surface area contributed by atoms with Crippen LogP contribution in [0.15, 0.2) is 0 Å². The van der Waals surface area contributed by atoms with E-state index in [-0.39, 0.29) is 5.54 Å². The number of nitrogens with two attached hydrogens (primary N) is 1. The highest BCUT2D eigenvalue weighted by Crippen LogP contribution is 2.65. The largest absolute Gasteiger partial charge is 0.396 e. The summed E-state index contributed by atoms with van der Waals surface area (Å²) >= 11 is 0. The molecule has 206 valence electrons. The highest BCUT2D eigenvalue weighted by Gasteiger charge is 2.65. The Morgan fingerprint density at radius 2 is 1.50 bits per heavy atom. The molecule has 7 rings (SSSR count). The van der Waals surface area contributed by atoms with E-state index in [1.807, 2.05) is 0 Å². The lowest BCUT2D eigenvalue weighted by Gasteiger charge is -2.53. The smallest absolute Gasteiger partial charge is 0.0433 e. The van der Waals surface area contributed by atoms with Gasteiger partial charge in [-0.2, -0.15) is 0 Å². The summed E-state index contributed by atoms with van der Waals surface area (Å²) in [7, 11) is 0. The van der Waals surface area contributed by atoms with Crippen molar-refractivity contribution in [3.63, 3.8) is 0 Å². The number of hydrogen-bond acceptors (Lipinski definition) is 2. The van der Waals surface area contributed by atoms with Gasteiger partial charge < -0.3 is 10.8 Å². The van der Waals surface area contributed by atoms with Gasteiger partial charge in [-0.1, -0.05) is 33.1 Å². The maximum absolute atomic E-state index is 9.47. The highest BCUT2D eigenvalue weighted by molar-refractivity contribution is 5.18. The van der Waals surface area contributed by atoms with Gasteiger partial charge in [0, 0.05) is 12.1 Å². The zero-order chi connectivity index (χ0) is 25.1. The van der Waals surface area contributed by atoms with Crippen molar-refractivity contribution in [3.05, 3.63) is 0 Å². The zero-order valence-corrected chi connectivity index (χ0v) is 24.1. The van der Waals surface area contributed by atoms with Crippen LogP contribution in [-0.4, -0.2) is 17.3 Å². The second-order valence-corrected chi connectivity index (χ2v) is 16.5. The van der Waals surface area contributed by atoms with Crippen LogP contribution in [-0.2, 0) is 0 Å². The van der Waals surface area contributed by atoms with E-state index in [1.165, 1.54) is 70.6 Å². The number of hydrogen-bond donors (Lipinski definition) is 2. The van der Waals surface area contributed by atoms with Gasteiger partial charge in [-0.15, -0.1) is 0 Å². The predicted molar refractivity (Wildman–Crippen MR) is 150 cm³/mol. The molecule has 0 aromatic carbocycles. The second-order valence-electron chi connectivity index (χ2n) is 16.5. The van der Waals surface area contributed by atoms with Crippen molar-refractivity contribution >= 4 is 0 Å². The normalized spacial score (nSPS) is 50.8. The van der Waals surface area contributed by atoms with Gasteiger partial charge in [-0.3, -0.25) is 0 Å². The Balaban J connectivity index is 0.867. The molecule has 0 aromatic heterocycles. The third kappa shape index (κ3) is 5.10. The fourth-order valence-electron chi connectivity index (χ4n) is 11.8. The number of aliphatic hydroxyl groups excluding tert-OH is 1. The van der Waals surface area contributed by atoms with E-state index >= 15 is 0 Å². The van der Waals surface area contributed by atoms with Gasteiger partial charge in [0.1, 0.15) is 0 Å². The molecule has 0 spiro atoms. The molecule has 2 nitrogen and oxygen atoms in total. The van der Waals surface area contributed by atoms with E-state index in [1.54, 1.807) is 32.1 Å². The average Bonchev–Trinajstić information content (AvgIpc) is 3.36. The molecule has 0 saturated heterocycles. The van der Waals surface area contributed by atoms with Gasteiger partial charge in [-0.05, 0) is 167 Å². The lowest BCUT2D eigenvalue weighted by molar-refractivity contribution is -0.00461. The molecule has 3 N–H and O–H groups in total. The van der Waals surface area contributed by atoms with Crippen LogP contribution in [0.1, 0.15) is 130 Å². The van der Waals surface area contributed by atoms with E-state index in [0.29, 0.717) is 23.9 Å². The molecule has 2 heteroatoms. The van der Waals surface area contributed by atoms with E-state index in [2.05, 4.69) is 20.8 Å². The quantitative estimate of drug-likeness (QED) is 0.285. The van der Waals surface area contributed by atoms with Crippen molar-refractivity contribution in [1.29, 1.82) is 0 Å². The van der Waals surface area contributed by atoms with Gasteiger partial charge in [0.15, 0.2) is 0 Å². The van der Waals surface area contributed by atoms with Crippen molar-refractivity contribution in [2.75, 3.05) is 6.61 Å². The molecule has 0 amide bonds. The van der Waals surface area contributed by atoms with E-state index in [9.17, 15) is 5.11 Å². The summed E-state index contributed by atoms with van der Waals surface area (Å²) in [6.07, 6.45) is 25.2. The Bertz CT molecular complexity index is 746. The molecular weight excluding hydrogens is 438 g/mol. The van der Waals surface area contributed by atoms with Crippen molar-refractivity contribution in [3.8, 4) is 0 Å². The van der Waals surface area contributed by atoms with E-state index < -0.39 is 0 Å². The summed E-state index contributed by atoms with van der Waals surface area (Å²) in [5.41, 5.74) is 7.40. The Kier molecular flexibility index (Phi) is 7.37. The summed E-state index contributed by atoms with van der Waals surface area (Å²) in [4.78, 5) is 0. The minimum absolute atomic E-state index is 0.0649. The predicted octanol–water partition coefficient (Wildman–Crippen LogP) is 8.21. The highest BCUT2D eigenvalue weighted by atomic mass is 16.3. The summed E-state index contributed by atoms with van der Waals surface area (Å²) in [5.74, 6) is 10.2. The fraction of sp³-hybridized carbons (Fsp3) is 1.00. The number of aliphatic hydroxyl groups is 1. The molecule has 8 atom stereocenters. The van der Waals surface area contributed by atoms with Gasteiger partial charge in [-0.25, -0.2) is 0 Å². The topological polar surface area (TPSA) is 46.2 Å². The SMILES string of the molecule is C[C@H](CC1CC(CC2CCC2)C1)C[C@@]1(C)CCC(CC2CC(C[C@H]3CC4[C@H](CCO)C3[C@@]4(C)N)C2)C1. The van der Waals surface area contributed by atoms with Crippen molar-refractivity contribution in [2.24, 2.45) is 76.2 Å². The average molecular weight is 498 g/mol. The molecule has 7 aliphatic rings.